The van der Waals surface area contributed by atoms with Gasteiger partial charge in [-0.2, -0.15) is 0 Å². The van der Waals surface area contributed by atoms with Crippen molar-refractivity contribution in [2.45, 2.75) is 18.9 Å². The number of anilines is 1. The van der Waals surface area contributed by atoms with E-state index in [0.717, 1.165) is 15.7 Å². The number of methoxy groups -OCH3 is 1. The van der Waals surface area contributed by atoms with Crippen LogP contribution in [0.4, 0.5) is 5.69 Å². The molecule has 0 amide bonds. The van der Waals surface area contributed by atoms with Crippen molar-refractivity contribution in [2.24, 2.45) is 0 Å². The fourth-order valence-electron chi connectivity index (χ4n) is 2.22. The predicted octanol–water partition coefficient (Wildman–Crippen LogP) is 4.21. The standard InChI is InChI=1S/C17H18BrNO2/c1-12(13-7-4-3-5-8-13)16(17(20)21-2)19-15-10-6-9-14(18)11-15/h3-12,16,19H,1-2H3. The van der Waals surface area contributed by atoms with Crippen LogP contribution in [0.2, 0.25) is 0 Å². The molecule has 2 aromatic rings. The molecule has 0 saturated carbocycles. The Morgan fingerprint density at radius 2 is 1.86 bits per heavy atom. The fourth-order valence-corrected chi connectivity index (χ4v) is 2.62. The molecule has 4 heteroatoms. The molecule has 0 aromatic heterocycles. The molecule has 0 radical (unpaired) electrons. The molecular formula is C17H18BrNO2. The molecule has 110 valence electrons. The average molecular weight is 348 g/mol. The Balaban J connectivity index is 2.24. The van der Waals surface area contributed by atoms with Crippen molar-refractivity contribution in [3.63, 3.8) is 0 Å². The SMILES string of the molecule is COC(=O)C(Nc1cccc(Br)c1)C(C)c1ccccc1. The van der Waals surface area contributed by atoms with Crippen LogP contribution in [0.15, 0.2) is 59.1 Å². The number of ether oxygens (including phenoxy) is 1. The summed E-state index contributed by atoms with van der Waals surface area (Å²) in [7, 11) is 1.41. The lowest BCUT2D eigenvalue weighted by Crippen LogP contribution is -2.35. The summed E-state index contributed by atoms with van der Waals surface area (Å²) in [5.74, 6) is -0.274. The molecule has 0 spiro atoms. The van der Waals surface area contributed by atoms with Crippen molar-refractivity contribution in [1.29, 1.82) is 0 Å². The summed E-state index contributed by atoms with van der Waals surface area (Å²) in [5.41, 5.74) is 1.97. The highest BCUT2D eigenvalue weighted by Crippen LogP contribution is 2.24. The first kappa shape index (κ1) is 15.6. The van der Waals surface area contributed by atoms with Crippen LogP contribution in [0.3, 0.4) is 0 Å². The van der Waals surface area contributed by atoms with Crippen molar-refractivity contribution < 1.29 is 9.53 Å². The van der Waals surface area contributed by atoms with E-state index >= 15 is 0 Å². The van der Waals surface area contributed by atoms with E-state index in [1.54, 1.807) is 0 Å². The molecule has 0 bridgehead atoms. The molecule has 0 heterocycles. The van der Waals surface area contributed by atoms with Crippen LogP contribution in [0.25, 0.3) is 0 Å². The van der Waals surface area contributed by atoms with Crippen molar-refractivity contribution in [3.05, 3.63) is 64.6 Å². The second kappa shape index (κ2) is 7.27. The fraction of sp³-hybridized carbons (Fsp3) is 0.235. The Bertz CT molecular complexity index is 601. The highest BCUT2D eigenvalue weighted by molar-refractivity contribution is 9.10. The molecule has 3 nitrogen and oxygen atoms in total. The van der Waals surface area contributed by atoms with Crippen molar-refractivity contribution in [1.82, 2.24) is 0 Å². The van der Waals surface area contributed by atoms with Gasteiger partial charge in [0.25, 0.3) is 0 Å². The second-order valence-electron chi connectivity index (χ2n) is 4.85. The van der Waals surface area contributed by atoms with Gasteiger partial charge in [-0.3, -0.25) is 0 Å². The van der Waals surface area contributed by atoms with Gasteiger partial charge >= 0.3 is 5.97 Å². The van der Waals surface area contributed by atoms with Crippen molar-refractivity contribution in [2.75, 3.05) is 12.4 Å². The Hall–Kier alpha value is -1.81. The van der Waals surface area contributed by atoms with E-state index < -0.39 is 6.04 Å². The van der Waals surface area contributed by atoms with Gasteiger partial charge < -0.3 is 10.1 Å². The number of esters is 1. The minimum absolute atomic E-state index is 0.00219. The van der Waals surface area contributed by atoms with Crippen molar-refractivity contribution in [3.8, 4) is 0 Å². The molecule has 0 saturated heterocycles. The molecule has 1 N–H and O–H groups in total. The Kier molecular flexibility index (Phi) is 5.39. The van der Waals surface area contributed by atoms with Crippen LogP contribution in [0.5, 0.6) is 0 Å². The summed E-state index contributed by atoms with van der Waals surface area (Å²) in [6.45, 7) is 2.02. The highest BCUT2D eigenvalue weighted by atomic mass is 79.9. The van der Waals surface area contributed by atoms with E-state index in [-0.39, 0.29) is 11.9 Å². The number of hydrogen-bond acceptors (Lipinski definition) is 3. The minimum Gasteiger partial charge on any atom is -0.467 e. The Morgan fingerprint density at radius 1 is 1.14 bits per heavy atom. The average Bonchev–Trinajstić information content (AvgIpc) is 2.52. The molecule has 0 aliphatic carbocycles. The van der Waals surface area contributed by atoms with Crippen LogP contribution in [-0.4, -0.2) is 19.1 Å². The van der Waals surface area contributed by atoms with Gasteiger partial charge in [-0.15, -0.1) is 0 Å². The summed E-state index contributed by atoms with van der Waals surface area (Å²) in [5, 5.41) is 3.26. The van der Waals surface area contributed by atoms with E-state index in [1.165, 1.54) is 7.11 Å². The largest absolute Gasteiger partial charge is 0.467 e. The van der Waals surface area contributed by atoms with Crippen LogP contribution in [0, 0.1) is 0 Å². The number of nitrogens with one attached hydrogen (secondary N) is 1. The van der Waals surface area contributed by atoms with Gasteiger partial charge in [0, 0.05) is 16.1 Å². The van der Waals surface area contributed by atoms with Gasteiger partial charge in [0.2, 0.25) is 0 Å². The van der Waals surface area contributed by atoms with Crippen LogP contribution >= 0.6 is 15.9 Å². The van der Waals surface area contributed by atoms with Crippen LogP contribution in [-0.2, 0) is 9.53 Å². The quantitative estimate of drug-likeness (QED) is 0.823. The summed E-state index contributed by atoms with van der Waals surface area (Å²) < 4.78 is 5.91. The second-order valence-corrected chi connectivity index (χ2v) is 5.77. The molecule has 0 fully saturated rings. The van der Waals surface area contributed by atoms with E-state index in [9.17, 15) is 4.79 Å². The van der Waals surface area contributed by atoms with Gasteiger partial charge in [-0.1, -0.05) is 59.3 Å². The van der Waals surface area contributed by atoms with Gasteiger partial charge in [0.15, 0.2) is 0 Å². The Morgan fingerprint density at radius 3 is 2.48 bits per heavy atom. The zero-order chi connectivity index (χ0) is 15.2. The highest BCUT2D eigenvalue weighted by Gasteiger charge is 2.27. The smallest absolute Gasteiger partial charge is 0.328 e. The predicted molar refractivity (Wildman–Crippen MR) is 88.4 cm³/mol. The lowest BCUT2D eigenvalue weighted by Gasteiger charge is -2.24. The lowest BCUT2D eigenvalue weighted by atomic mass is 9.93. The molecule has 2 atom stereocenters. The third-order valence-electron chi connectivity index (χ3n) is 3.43. The number of benzene rings is 2. The molecule has 2 unspecified atom stereocenters. The summed E-state index contributed by atoms with van der Waals surface area (Å²) in [6.07, 6.45) is 0. The first-order chi connectivity index (χ1) is 10.1. The Labute approximate surface area is 133 Å². The minimum atomic E-state index is -0.438. The number of carbonyl (C=O) groups excluding carboxylic acids is 1. The molecule has 2 aromatic carbocycles. The normalized spacial score (nSPS) is 13.3. The molecule has 2 rings (SSSR count). The monoisotopic (exact) mass is 347 g/mol. The van der Waals surface area contributed by atoms with Crippen LogP contribution in [0.1, 0.15) is 18.4 Å². The van der Waals surface area contributed by atoms with Crippen molar-refractivity contribution >= 4 is 27.6 Å². The summed E-state index contributed by atoms with van der Waals surface area (Å²) in [4.78, 5) is 12.1. The molecular weight excluding hydrogens is 330 g/mol. The number of hydrogen-bond donors (Lipinski definition) is 1. The van der Waals surface area contributed by atoms with E-state index in [1.807, 2.05) is 61.5 Å². The van der Waals surface area contributed by atoms with E-state index in [2.05, 4.69) is 21.2 Å². The molecule has 0 aliphatic heterocycles. The van der Waals surface area contributed by atoms with Gasteiger partial charge in [0.05, 0.1) is 7.11 Å². The van der Waals surface area contributed by atoms with E-state index in [0.29, 0.717) is 0 Å². The zero-order valence-corrected chi connectivity index (χ0v) is 13.6. The third kappa shape index (κ3) is 4.08. The van der Waals surface area contributed by atoms with E-state index in [4.69, 9.17) is 4.74 Å². The van der Waals surface area contributed by atoms with Gasteiger partial charge in [-0.05, 0) is 23.8 Å². The summed E-state index contributed by atoms with van der Waals surface area (Å²) in [6, 6.07) is 17.2. The maximum absolute atomic E-state index is 12.1. The third-order valence-corrected chi connectivity index (χ3v) is 3.92. The zero-order valence-electron chi connectivity index (χ0n) is 12.0. The topological polar surface area (TPSA) is 38.3 Å². The number of halogens is 1. The van der Waals surface area contributed by atoms with Crippen LogP contribution < -0.4 is 5.32 Å². The van der Waals surface area contributed by atoms with Gasteiger partial charge in [-0.25, -0.2) is 4.79 Å². The summed E-state index contributed by atoms with van der Waals surface area (Å²) >= 11 is 3.43. The lowest BCUT2D eigenvalue weighted by molar-refractivity contribution is -0.142. The number of carbonyl (C=O) groups is 1. The number of rotatable bonds is 5. The maximum Gasteiger partial charge on any atom is 0.328 e. The first-order valence-electron chi connectivity index (χ1n) is 6.76. The maximum atomic E-state index is 12.1. The first-order valence-corrected chi connectivity index (χ1v) is 7.56. The molecule has 0 aliphatic rings. The van der Waals surface area contributed by atoms with Gasteiger partial charge in [0.1, 0.15) is 6.04 Å². The molecule has 21 heavy (non-hydrogen) atoms.